The minimum absolute atomic E-state index is 0.656. The highest BCUT2D eigenvalue weighted by atomic mass is 32.2. The van der Waals surface area contributed by atoms with E-state index in [-0.39, 0.29) is 0 Å². The molecule has 0 amide bonds. The number of hydrogen-bond donors (Lipinski definition) is 0. The maximum Gasteiger partial charge on any atom is 0.196 e. The molecular weight excluding hydrogens is 398 g/mol. The number of aromatic nitrogens is 3. The van der Waals surface area contributed by atoms with Gasteiger partial charge in [-0.25, -0.2) is 0 Å². The molecule has 2 heterocycles. The first kappa shape index (κ1) is 19.7. The number of benzene rings is 2. The molecule has 0 atom stereocenters. The van der Waals surface area contributed by atoms with Gasteiger partial charge in [0.05, 0.1) is 17.2 Å². The zero-order valence-corrected chi connectivity index (χ0v) is 18.4. The van der Waals surface area contributed by atoms with E-state index in [2.05, 4.69) is 70.4 Å². The number of thioether (sulfide) groups is 1. The van der Waals surface area contributed by atoms with Crippen molar-refractivity contribution < 1.29 is 4.74 Å². The van der Waals surface area contributed by atoms with Crippen LogP contribution >= 0.6 is 23.1 Å². The molecule has 148 valence electrons. The van der Waals surface area contributed by atoms with Crippen molar-refractivity contribution in [1.29, 1.82) is 0 Å². The molecule has 0 radical (unpaired) electrons. The first-order chi connectivity index (χ1) is 14.2. The predicted molar refractivity (Wildman–Crippen MR) is 121 cm³/mol. The summed E-state index contributed by atoms with van der Waals surface area (Å²) < 4.78 is 7.73. The Morgan fingerprint density at radius 2 is 1.86 bits per heavy atom. The van der Waals surface area contributed by atoms with Gasteiger partial charge in [-0.2, -0.15) is 0 Å². The maximum atomic E-state index is 5.60. The van der Waals surface area contributed by atoms with Gasteiger partial charge in [-0.3, -0.25) is 4.57 Å². The number of aryl methyl sites for hydroxylation is 2. The molecule has 2 aromatic carbocycles. The lowest BCUT2D eigenvalue weighted by Crippen LogP contribution is -2.00. The van der Waals surface area contributed by atoms with Crippen molar-refractivity contribution in [3.05, 3.63) is 76.7 Å². The molecule has 29 heavy (non-hydrogen) atoms. The average molecular weight is 422 g/mol. The summed E-state index contributed by atoms with van der Waals surface area (Å²) in [5.74, 6) is 2.59. The van der Waals surface area contributed by atoms with Crippen LogP contribution in [0.2, 0.25) is 0 Å². The molecule has 0 unspecified atom stereocenters. The topological polar surface area (TPSA) is 39.9 Å². The van der Waals surface area contributed by atoms with E-state index >= 15 is 0 Å². The highest BCUT2D eigenvalue weighted by molar-refractivity contribution is 7.98. The third kappa shape index (κ3) is 4.38. The van der Waals surface area contributed by atoms with Crippen molar-refractivity contribution in [1.82, 2.24) is 14.8 Å². The van der Waals surface area contributed by atoms with Crippen molar-refractivity contribution in [3.63, 3.8) is 0 Å². The molecule has 0 saturated carbocycles. The molecule has 0 bridgehead atoms. The van der Waals surface area contributed by atoms with Crippen LogP contribution in [0.1, 0.15) is 23.6 Å². The lowest BCUT2D eigenvalue weighted by molar-refractivity contribution is 0.340. The van der Waals surface area contributed by atoms with Crippen LogP contribution in [-0.2, 0) is 5.75 Å². The zero-order chi connectivity index (χ0) is 20.2. The Bertz CT molecular complexity index is 1090. The first-order valence-corrected chi connectivity index (χ1v) is 11.4. The largest absolute Gasteiger partial charge is 0.494 e. The number of hydrogen-bond acceptors (Lipinski definition) is 5. The maximum absolute atomic E-state index is 5.60. The zero-order valence-electron chi connectivity index (χ0n) is 16.8. The van der Waals surface area contributed by atoms with E-state index < -0.39 is 0 Å². The second-order valence-electron chi connectivity index (χ2n) is 6.76. The van der Waals surface area contributed by atoms with Gasteiger partial charge in [0.15, 0.2) is 11.0 Å². The van der Waals surface area contributed by atoms with E-state index in [4.69, 9.17) is 4.74 Å². The number of ether oxygens (including phenoxy) is 1. The van der Waals surface area contributed by atoms with Crippen LogP contribution in [0.25, 0.3) is 16.4 Å². The summed E-state index contributed by atoms with van der Waals surface area (Å²) in [6, 6.07) is 18.8. The van der Waals surface area contributed by atoms with Crippen LogP contribution in [0.3, 0.4) is 0 Å². The third-order valence-corrected chi connectivity index (χ3v) is 6.49. The van der Waals surface area contributed by atoms with Gasteiger partial charge in [-0.15, -0.1) is 21.5 Å². The smallest absolute Gasteiger partial charge is 0.196 e. The molecule has 0 saturated heterocycles. The fourth-order valence-corrected chi connectivity index (χ4v) is 4.83. The standard InChI is InChI=1S/C23H23N3OS2/c1-4-27-20-11-9-19(10-12-20)26-22(21-6-5-13-28-21)24-25-23(26)29-15-18-14-16(2)7-8-17(18)3/h5-14H,4,15H2,1-3H3. The molecule has 4 aromatic rings. The van der Waals surface area contributed by atoms with Crippen molar-refractivity contribution in [2.75, 3.05) is 6.61 Å². The summed E-state index contributed by atoms with van der Waals surface area (Å²) in [4.78, 5) is 1.10. The van der Waals surface area contributed by atoms with E-state index in [0.29, 0.717) is 6.61 Å². The third-order valence-electron chi connectivity index (χ3n) is 4.64. The van der Waals surface area contributed by atoms with Crippen molar-refractivity contribution in [3.8, 4) is 22.1 Å². The van der Waals surface area contributed by atoms with Gasteiger partial charge in [0.2, 0.25) is 0 Å². The summed E-state index contributed by atoms with van der Waals surface area (Å²) >= 11 is 3.38. The molecular formula is C23H23N3OS2. The number of rotatable bonds is 7. The SMILES string of the molecule is CCOc1ccc(-n2c(SCc3cc(C)ccc3C)nnc2-c2cccs2)cc1. The summed E-state index contributed by atoms with van der Waals surface area (Å²) in [6.07, 6.45) is 0. The quantitative estimate of drug-likeness (QED) is 0.328. The van der Waals surface area contributed by atoms with Crippen LogP contribution in [-0.4, -0.2) is 21.4 Å². The molecule has 0 fully saturated rings. The molecule has 0 aliphatic heterocycles. The normalized spacial score (nSPS) is 11.0. The Morgan fingerprint density at radius 1 is 1.03 bits per heavy atom. The fraction of sp³-hybridized carbons (Fsp3) is 0.217. The Balaban J connectivity index is 1.69. The summed E-state index contributed by atoms with van der Waals surface area (Å²) in [5, 5.41) is 12.0. The second-order valence-corrected chi connectivity index (χ2v) is 8.65. The van der Waals surface area contributed by atoms with Gasteiger partial charge in [-0.05, 0) is 67.6 Å². The molecule has 0 aliphatic carbocycles. The lowest BCUT2D eigenvalue weighted by atomic mass is 10.1. The van der Waals surface area contributed by atoms with Crippen molar-refractivity contribution in [2.24, 2.45) is 0 Å². The molecule has 0 aliphatic rings. The van der Waals surface area contributed by atoms with E-state index in [9.17, 15) is 0 Å². The molecule has 4 nitrogen and oxygen atoms in total. The molecule has 0 N–H and O–H groups in total. The summed E-state index contributed by atoms with van der Waals surface area (Å²) in [7, 11) is 0. The van der Waals surface area contributed by atoms with Crippen LogP contribution in [0, 0.1) is 13.8 Å². The Labute approximate surface area is 179 Å². The van der Waals surface area contributed by atoms with Gasteiger partial charge < -0.3 is 4.74 Å². The minimum atomic E-state index is 0.656. The second kappa shape index (κ2) is 8.84. The fourth-order valence-electron chi connectivity index (χ4n) is 3.12. The van der Waals surface area contributed by atoms with Gasteiger partial charge in [0.25, 0.3) is 0 Å². The van der Waals surface area contributed by atoms with E-state index in [1.165, 1.54) is 16.7 Å². The highest BCUT2D eigenvalue weighted by Crippen LogP contribution is 2.32. The summed E-state index contributed by atoms with van der Waals surface area (Å²) in [5.41, 5.74) is 4.94. The molecule has 2 aromatic heterocycles. The van der Waals surface area contributed by atoms with Crippen molar-refractivity contribution >= 4 is 23.1 Å². The van der Waals surface area contributed by atoms with Gasteiger partial charge in [0.1, 0.15) is 5.75 Å². The molecule has 0 spiro atoms. The average Bonchev–Trinajstić information content (AvgIpc) is 3.39. The van der Waals surface area contributed by atoms with E-state index in [1.54, 1.807) is 23.1 Å². The van der Waals surface area contributed by atoms with Crippen LogP contribution < -0.4 is 4.74 Å². The minimum Gasteiger partial charge on any atom is -0.494 e. The number of nitrogens with zero attached hydrogens (tertiary/aromatic N) is 3. The van der Waals surface area contributed by atoms with E-state index in [1.807, 2.05) is 25.1 Å². The Kier molecular flexibility index (Phi) is 6.02. The van der Waals surface area contributed by atoms with Crippen LogP contribution in [0.15, 0.2) is 65.1 Å². The Morgan fingerprint density at radius 3 is 2.59 bits per heavy atom. The first-order valence-electron chi connectivity index (χ1n) is 9.57. The molecule has 4 rings (SSSR count). The predicted octanol–water partition coefficient (Wildman–Crippen LogP) is 6.30. The molecule has 6 heteroatoms. The van der Waals surface area contributed by atoms with Gasteiger partial charge in [-0.1, -0.05) is 41.6 Å². The monoisotopic (exact) mass is 421 g/mol. The lowest BCUT2D eigenvalue weighted by Gasteiger charge is -2.11. The van der Waals surface area contributed by atoms with E-state index in [0.717, 1.165) is 33.0 Å². The van der Waals surface area contributed by atoms with Crippen LogP contribution in [0.5, 0.6) is 5.75 Å². The van der Waals surface area contributed by atoms with Crippen molar-refractivity contribution in [2.45, 2.75) is 31.7 Å². The van der Waals surface area contributed by atoms with Gasteiger partial charge in [0, 0.05) is 5.75 Å². The number of thiophene rings is 1. The van der Waals surface area contributed by atoms with Crippen LogP contribution in [0.4, 0.5) is 0 Å². The summed E-state index contributed by atoms with van der Waals surface area (Å²) in [6.45, 7) is 6.93. The Hall–Kier alpha value is -2.57. The van der Waals surface area contributed by atoms with Gasteiger partial charge >= 0.3 is 0 Å². The highest BCUT2D eigenvalue weighted by Gasteiger charge is 2.17.